The number of nitrogens with one attached hydrogen (secondary N) is 1. The smallest absolute Gasteiger partial charge is 0.246 e. The standard InChI is InChI=1S/C15H13BrN2O3/c16-7-13(19)11-3-1-2-10-9(11)4-5-18-12(10)6-14(20)17-8-15(18)21/h1-3,6H,4-5,7-8H2,(H,17,20). The van der Waals surface area contributed by atoms with Crippen molar-refractivity contribution in [2.45, 2.75) is 6.42 Å². The lowest BCUT2D eigenvalue weighted by atomic mass is 9.90. The Hall–Kier alpha value is -1.95. The Morgan fingerprint density at radius 2 is 2.14 bits per heavy atom. The van der Waals surface area contributed by atoms with E-state index >= 15 is 0 Å². The van der Waals surface area contributed by atoms with E-state index in [1.807, 2.05) is 6.07 Å². The maximum atomic E-state index is 12.1. The number of hydrogen-bond donors (Lipinski definition) is 1. The molecule has 3 rings (SSSR count). The second kappa shape index (κ2) is 5.44. The lowest BCUT2D eigenvalue weighted by molar-refractivity contribution is -0.128. The first kappa shape index (κ1) is 14.0. The number of alkyl halides is 1. The van der Waals surface area contributed by atoms with E-state index in [0.29, 0.717) is 24.2 Å². The van der Waals surface area contributed by atoms with Crippen molar-refractivity contribution in [3.8, 4) is 0 Å². The molecule has 0 unspecified atom stereocenters. The molecule has 1 N–H and O–H groups in total. The van der Waals surface area contributed by atoms with Crippen LogP contribution < -0.4 is 5.32 Å². The lowest BCUT2D eigenvalue weighted by Gasteiger charge is -2.31. The highest BCUT2D eigenvalue weighted by atomic mass is 79.9. The fourth-order valence-electron chi connectivity index (χ4n) is 2.77. The van der Waals surface area contributed by atoms with Gasteiger partial charge in [0, 0.05) is 23.7 Å². The number of amides is 2. The molecule has 21 heavy (non-hydrogen) atoms. The summed E-state index contributed by atoms with van der Waals surface area (Å²) in [5.74, 6) is -0.411. The summed E-state index contributed by atoms with van der Waals surface area (Å²) in [6, 6.07) is 5.42. The largest absolute Gasteiger partial charge is 0.343 e. The highest BCUT2D eigenvalue weighted by Crippen LogP contribution is 2.32. The van der Waals surface area contributed by atoms with Gasteiger partial charge in [-0.2, -0.15) is 0 Å². The molecule has 1 aromatic rings. The number of nitrogens with zero attached hydrogens (tertiary/aromatic N) is 1. The topological polar surface area (TPSA) is 66.5 Å². The molecular formula is C15H13BrN2O3. The van der Waals surface area contributed by atoms with Crippen molar-refractivity contribution in [1.29, 1.82) is 0 Å². The van der Waals surface area contributed by atoms with E-state index < -0.39 is 0 Å². The molecule has 5 nitrogen and oxygen atoms in total. The number of fused-ring (bicyclic) bond motifs is 3. The fourth-order valence-corrected chi connectivity index (χ4v) is 3.07. The van der Waals surface area contributed by atoms with Crippen molar-refractivity contribution < 1.29 is 14.4 Å². The Bertz CT molecular complexity index is 681. The first-order valence-corrected chi connectivity index (χ1v) is 7.75. The van der Waals surface area contributed by atoms with Crippen LogP contribution >= 0.6 is 15.9 Å². The van der Waals surface area contributed by atoms with Gasteiger partial charge in [0.15, 0.2) is 5.78 Å². The monoisotopic (exact) mass is 348 g/mol. The number of carbonyl (C=O) groups is 3. The first-order valence-electron chi connectivity index (χ1n) is 6.63. The zero-order valence-corrected chi connectivity index (χ0v) is 12.8. The average molecular weight is 349 g/mol. The van der Waals surface area contributed by atoms with Crippen LogP contribution in [0.25, 0.3) is 5.70 Å². The van der Waals surface area contributed by atoms with Gasteiger partial charge in [-0.05, 0) is 12.0 Å². The van der Waals surface area contributed by atoms with Crippen LogP contribution in [-0.2, 0) is 16.0 Å². The average Bonchev–Trinajstić information content (AvgIpc) is 2.65. The van der Waals surface area contributed by atoms with E-state index in [1.165, 1.54) is 6.08 Å². The molecule has 0 aliphatic carbocycles. The number of rotatable bonds is 2. The zero-order chi connectivity index (χ0) is 15.0. The molecular weight excluding hydrogens is 336 g/mol. The van der Waals surface area contributed by atoms with Crippen LogP contribution in [0.2, 0.25) is 0 Å². The predicted octanol–water partition coefficient (Wildman–Crippen LogP) is 1.12. The normalized spacial score (nSPS) is 17.4. The van der Waals surface area contributed by atoms with Crippen molar-refractivity contribution >= 4 is 39.2 Å². The highest BCUT2D eigenvalue weighted by Gasteiger charge is 2.30. The van der Waals surface area contributed by atoms with Crippen LogP contribution in [0.5, 0.6) is 0 Å². The minimum absolute atomic E-state index is 0.00491. The molecule has 0 saturated heterocycles. The number of hydrogen-bond acceptors (Lipinski definition) is 3. The van der Waals surface area contributed by atoms with E-state index in [0.717, 1.165) is 11.1 Å². The molecule has 2 amide bonds. The summed E-state index contributed by atoms with van der Waals surface area (Å²) in [5, 5.41) is 2.80. The Morgan fingerprint density at radius 3 is 2.90 bits per heavy atom. The van der Waals surface area contributed by atoms with Crippen LogP contribution in [-0.4, -0.2) is 40.9 Å². The summed E-state index contributed by atoms with van der Waals surface area (Å²) in [6.07, 6.45) is 2.05. The lowest BCUT2D eigenvalue weighted by Crippen LogP contribution is -2.38. The molecule has 6 heteroatoms. The Balaban J connectivity index is 2.16. The molecule has 0 fully saturated rings. The summed E-state index contributed by atoms with van der Waals surface area (Å²) in [7, 11) is 0. The number of carbonyl (C=O) groups excluding carboxylic acids is 3. The molecule has 108 valence electrons. The van der Waals surface area contributed by atoms with Crippen LogP contribution in [0.1, 0.15) is 21.5 Å². The number of halogens is 1. The third-order valence-electron chi connectivity index (χ3n) is 3.73. The molecule has 0 spiro atoms. The zero-order valence-electron chi connectivity index (χ0n) is 11.2. The van der Waals surface area contributed by atoms with Crippen LogP contribution in [0.15, 0.2) is 24.3 Å². The molecule has 0 aromatic heterocycles. The number of benzene rings is 1. The van der Waals surface area contributed by atoms with Gasteiger partial charge in [0.05, 0.1) is 17.6 Å². The number of Topliss-reactive ketones (excluding diaryl/α,β-unsaturated/α-hetero) is 1. The summed E-state index contributed by atoms with van der Waals surface area (Å²) >= 11 is 3.19. The van der Waals surface area contributed by atoms with E-state index in [-0.39, 0.29) is 29.5 Å². The van der Waals surface area contributed by atoms with E-state index in [4.69, 9.17) is 0 Å². The highest BCUT2D eigenvalue weighted by molar-refractivity contribution is 9.09. The molecule has 2 aliphatic heterocycles. The van der Waals surface area contributed by atoms with Crippen molar-refractivity contribution in [3.05, 3.63) is 41.0 Å². The Morgan fingerprint density at radius 1 is 1.33 bits per heavy atom. The summed E-state index contributed by atoms with van der Waals surface area (Å²) in [6.45, 7) is 0.493. The number of ketones is 1. The van der Waals surface area contributed by atoms with E-state index in [2.05, 4.69) is 21.2 Å². The Kier molecular flexibility index (Phi) is 3.63. The summed E-state index contributed by atoms with van der Waals surface area (Å²) in [5.41, 5.74) is 2.94. The quantitative estimate of drug-likeness (QED) is 0.643. The predicted molar refractivity (Wildman–Crippen MR) is 81.0 cm³/mol. The third-order valence-corrected chi connectivity index (χ3v) is 4.24. The van der Waals surface area contributed by atoms with Gasteiger partial charge < -0.3 is 10.2 Å². The molecule has 0 radical (unpaired) electrons. The first-order chi connectivity index (χ1) is 10.1. The fraction of sp³-hybridized carbons (Fsp3) is 0.267. The second-order valence-electron chi connectivity index (χ2n) is 4.93. The molecule has 2 aliphatic rings. The van der Waals surface area contributed by atoms with E-state index in [1.54, 1.807) is 17.0 Å². The van der Waals surface area contributed by atoms with Crippen molar-refractivity contribution in [1.82, 2.24) is 10.2 Å². The molecule has 2 heterocycles. The summed E-state index contributed by atoms with van der Waals surface area (Å²) < 4.78 is 0. The molecule has 1 aromatic carbocycles. The van der Waals surface area contributed by atoms with Gasteiger partial charge in [-0.25, -0.2) is 0 Å². The second-order valence-corrected chi connectivity index (χ2v) is 5.49. The SMILES string of the molecule is O=C1C=C2c3cccc(C(=O)CBr)c3CCN2C(=O)CN1. The van der Waals surface area contributed by atoms with Gasteiger partial charge in [-0.1, -0.05) is 34.1 Å². The van der Waals surface area contributed by atoms with Gasteiger partial charge >= 0.3 is 0 Å². The van der Waals surface area contributed by atoms with Crippen molar-refractivity contribution in [2.24, 2.45) is 0 Å². The van der Waals surface area contributed by atoms with Crippen molar-refractivity contribution in [2.75, 3.05) is 18.4 Å². The minimum atomic E-state index is -0.286. The maximum absolute atomic E-state index is 12.1. The Labute approximate surface area is 130 Å². The van der Waals surface area contributed by atoms with Crippen LogP contribution in [0.4, 0.5) is 0 Å². The van der Waals surface area contributed by atoms with Gasteiger partial charge in [-0.3, -0.25) is 14.4 Å². The molecule has 0 saturated carbocycles. The maximum Gasteiger partial charge on any atom is 0.246 e. The van der Waals surface area contributed by atoms with Gasteiger partial charge in [0.2, 0.25) is 11.8 Å². The van der Waals surface area contributed by atoms with Crippen molar-refractivity contribution in [3.63, 3.8) is 0 Å². The molecule has 0 bridgehead atoms. The van der Waals surface area contributed by atoms with Gasteiger partial charge in [-0.15, -0.1) is 0 Å². The van der Waals surface area contributed by atoms with Crippen LogP contribution in [0, 0.1) is 0 Å². The van der Waals surface area contributed by atoms with Crippen LogP contribution in [0.3, 0.4) is 0 Å². The van der Waals surface area contributed by atoms with Gasteiger partial charge in [0.25, 0.3) is 0 Å². The third kappa shape index (κ3) is 2.40. The van der Waals surface area contributed by atoms with E-state index in [9.17, 15) is 14.4 Å². The molecule has 0 atom stereocenters. The minimum Gasteiger partial charge on any atom is -0.343 e. The summed E-state index contributed by atoms with van der Waals surface area (Å²) in [4.78, 5) is 37.4. The van der Waals surface area contributed by atoms with Gasteiger partial charge in [0.1, 0.15) is 0 Å².